The van der Waals surface area contributed by atoms with Gasteiger partial charge in [0.25, 0.3) is 5.91 Å². The van der Waals surface area contributed by atoms with E-state index in [4.69, 9.17) is 4.74 Å². The number of carbonyl (C=O) groups is 1. The van der Waals surface area contributed by atoms with Gasteiger partial charge in [0.2, 0.25) is 0 Å². The van der Waals surface area contributed by atoms with Crippen molar-refractivity contribution in [3.8, 4) is 5.75 Å². The van der Waals surface area contributed by atoms with Crippen molar-refractivity contribution in [3.05, 3.63) is 65.5 Å². The van der Waals surface area contributed by atoms with Gasteiger partial charge in [-0.2, -0.15) is 4.99 Å². The maximum atomic E-state index is 12.6. The first-order valence-electron chi connectivity index (χ1n) is 7.67. The number of hydrogen-bond acceptors (Lipinski definition) is 4. The molecule has 0 unspecified atom stereocenters. The Hall–Kier alpha value is -2.31. The minimum absolute atomic E-state index is 0.243. The molecule has 128 valence electrons. The third kappa shape index (κ3) is 3.70. The van der Waals surface area contributed by atoms with Crippen molar-refractivity contribution in [2.45, 2.75) is 11.4 Å². The third-order valence-corrected chi connectivity index (χ3v) is 5.48. The fourth-order valence-corrected chi connectivity index (χ4v) is 4.00. The van der Waals surface area contributed by atoms with Crippen LogP contribution in [0.15, 0.2) is 65.0 Å². The molecule has 6 heteroatoms. The van der Waals surface area contributed by atoms with Crippen molar-refractivity contribution in [2.75, 3.05) is 13.4 Å². The topological polar surface area (TPSA) is 43.6 Å². The standard InChI is InChI=1S/C19H18N2O2S2/c1-4-10-21-16-9-8-14(23-2)12-17(16)25-19(21)20-18(22)13-6-5-7-15(11-13)24-3/h4-9,11-12H,1,10H2,2-3H3. The maximum Gasteiger partial charge on any atom is 0.279 e. The third-order valence-electron chi connectivity index (χ3n) is 3.72. The van der Waals surface area contributed by atoms with Gasteiger partial charge in [-0.1, -0.05) is 23.5 Å². The van der Waals surface area contributed by atoms with E-state index in [0.717, 1.165) is 20.9 Å². The molecule has 0 bridgehead atoms. The summed E-state index contributed by atoms with van der Waals surface area (Å²) in [5.74, 6) is 0.539. The summed E-state index contributed by atoms with van der Waals surface area (Å²) in [5.41, 5.74) is 1.60. The van der Waals surface area contributed by atoms with Crippen LogP contribution in [0.2, 0.25) is 0 Å². The minimum atomic E-state index is -0.243. The van der Waals surface area contributed by atoms with Gasteiger partial charge in [0.1, 0.15) is 5.75 Å². The summed E-state index contributed by atoms with van der Waals surface area (Å²) in [6, 6.07) is 13.4. The van der Waals surface area contributed by atoms with Gasteiger partial charge >= 0.3 is 0 Å². The molecule has 0 spiro atoms. The number of fused-ring (bicyclic) bond motifs is 1. The van der Waals surface area contributed by atoms with Crippen molar-refractivity contribution >= 4 is 39.2 Å². The molecule has 0 radical (unpaired) electrons. The Balaban J connectivity index is 2.12. The lowest BCUT2D eigenvalue weighted by molar-refractivity contribution is 0.0997. The average Bonchev–Trinajstić information content (AvgIpc) is 2.98. The second-order valence-electron chi connectivity index (χ2n) is 5.27. The van der Waals surface area contributed by atoms with E-state index in [1.165, 1.54) is 11.3 Å². The molecular formula is C19H18N2O2S2. The number of nitrogens with zero attached hydrogens (tertiary/aromatic N) is 2. The Morgan fingerprint density at radius 1 is 1.36 bits per heavy atom. The summed E-state index contributed by atoms with van der Waals surface area (Å²) in [6.45, 7) is 4.39. The van der Waals surface area contributed by atoms with E-state index in [1.54, 1.807) is 31.0 Å². The second-order valence-corrected chi connectivity index (χ2v) is 7.16. The number of allylic oxidation sites excluding steroid dienone is 1. The van der Waals surface area contributed by atoms with Crippen molar-refractivity contribution in [3.63, 3.8) is 0 Å². The van der Waals surface area contributed by atoms with Gasteiger partial charge in [0.15, 0.2) is 4.80 Å². The molecule has 0 saturated carbocycles. The van der Waals surface area contributed by atoms with Crippen LogP contribution in [0.3, 0.4) is 0 Å². The summed E-state index contributed by atoms with van der Waals surface area (Å²) in [5, 5.41) is 0. The van der Waals surface area contributed by atoms with Crippen LogP contribution >= 0.6 is 23.1 Å². The average molecular weight is 370 g/mol. The number of aromatic nitrogens is 1. The molecule has 0 saturated heterocycles. The van der Waals surface area contributed by atoms with Gasteiger partial charge < -0.3 is 9.30 Å². The lowest BCUT2D eigenvalue weighted by atomic mass is 10.2. The van der Waals surface area contributed by atoms with E-state index in [9.17, 15) is 4.79 Å². The number of thioether (sulfide) groups is 1. The fraction of sp³-hybridized carbons (Fsp3) is 0.158. The van der Waals surface area contributed by atoms with Gasteiger partial charge in [-0.3, -0.25) is 4.79 Å². The Bertz CT molecular complexity index is 1000. The SMILES string of the molecule is C=CCn1c(=NC(=O)c2cccc(SC)c2)sc2cc(OC)ccc21. The lowest BCUT2D eigenvalue weighted by Crippen LogP contribution is -2.16. The van der Waals surface area contributed by atoms with Crippen molar-refractivity contribution < 1.29 is 9.53 Å². The number of ether oxygens (including phenoxy) is 1. The van der Waals surface area contributed by atoms with Crippen LogP contribution < -0.4 is 9.54 Å². The molecule has 3 aromatic rings. The number of hydrogen-bond donors (Lipinski definition) is 0. The highest BCUT2D eigenvalue weighted by Gasteiger charge is 2.10. The number of rotatable bonds is 5. The molecule has 3 rings (SSSR count). The van der Waals surface area contributed by atoms with E-state index in [2.05, 4.69) is 11.6 Å². The molecule has 1 amide bonds. The quantitative estimate of drug-likeness (QED) is 0.495. The number of amides is 1. The van der Waals surface area contributed by atoms with Crippen molar-refractivity contribution in [2.24, 2.45) is 4.99 Å². The van der Waals surface area contributed by atoms with Crippen LogP contribution in [0.4, 0.5) is 0 Å². The van der Waals surface area contributed by atoms with Crippen LogP contribution in [0.1, 0.15) is 10.4 Å². The Kier molecular flexibility index (Phi) is 5.40. The summed E-state index contributed by atoms with van der Waals surface area (Å²) in [4.78, 5) is 18.7. The highest BCUT2D eigenvalue weighted by molar-refractivity contribution is 7.98. The van der Waals surface area contributed by atoms with Gasteiger partial charge in [-0.15, -0.1) is 18.3 Å². The monoisotopic (exact) mass is 370 g/mol. The summed E-state index contributed by atoms with van der Waals surface area (Å²) >= 11 is 3.07. The second kappa shape index (κ2) is 7.72. The van der Waals surface area contributed by atoms with Gasteiger partial charge in [0, 0.05) is 17.0 Å². The van der Waals surface area contributed by atoms with E-state index < -0.39 is 0 Å². The van der Waals surface area contributed by atoms with Crippen molar-refractivity contribution in [1.82, 2.24) is 4.57 Å². The van der Waals surface area contributed by atoms with Crippen LogP contribution in [-0.4, -0.2) is 23.8 Å². The molecule has 0 aliphatic rings. The number of thiazole rings is 1. The molecule has 4 nitrogen and oxygen atoms in total. The van der Waals surface area contributed by atoms with Crippen molar-refractivity contribution in [1.29, 1.82) is 0 Å². The van der Waals surface area contributed by atoms with E-state index >= 15 is 0 Å². The molecule has 25 heavy (non-hydrogen) atoms. The molecule has 1 aromatic heterocycles. The fourth-order valence-electron chi connectivity index (χ4n) is 2.48. The first-order chi connectivity index (χ1) is 12.2. The molecule has 0 aliphatic heterocycles. The summed E-state index contributed by atoms with van der Waals surface area (Å²) in [6.07, 6.45) is 3.78. The highest BCUT2D eigenvalue weighted by Crippen LogP contribution is 2.23. The minimum Gasteiger partial charge on any atom is -0.497 e. The molecule has 0 atom stereocenters. The Labute approximate surface area is 154 Å². The van der Waals surface area contributed by atoms with Crippen LogP contribution in [0.25, 0.3) is 10.2 Å². The smallest absolute Gasteiger partial charge is 0.279 e. The van der Waals surface area contributed by atoms with E-state index in [0.29, 0.717) is 16.9 Å². The summed E-state index contributed by atoms with van der Waals surface area (Å²) < 4.78 is 8.29. The van der Waals surface area contributed by atoms with Crippen LogP contribution in [-0.2, 0) is 6.54 Å². The Morgan fingerprint density at radius 2 is 2.20 bits per heavy atom. The maximum absolute atomic E-state index is 12.6. The molecule has 0 N–H and O–H groups in total. The molecule has 1 heterocycles. The Morgan fingerprint density at radius 3 is 2.92 bits per heavy atom. The molecular weight excluding hydrogens is 352 g/mol. The number of benzene rings is 2. The predicted molar refractivity (Wildman–Crippen MR) is 105 cm³/mol. The predicted octanol–water partition coefficient (Wildman–Crippen LogP) is 4.36. The summed E-state index contributed by atoms with van der Waals surface area (Å²) in [7, 11) is 1.64. The molecule has 0 fully saturated rings. The normalized spacial score (nSPS) is 11.7. The molecule has 0 aliphatic carbocycles. The van der Waals surface area contributed by atoms with E-state index in [-0.39, 0.29) is 5.91 Å². The zero-order valence-corrected chi connectivity index (χ0v) is 15.7. The highest BCUT2D eigenvalue weighted by atomic mass is 32.2. The largest absolute Gasteiger partial charge is 0.497 e. The van der Waals surface area contributed by atoms with Gasteiger partial charge in [-0.05, 0) is 42.7 Å². The van der Waals surface area contributed by atoms with Crippen LogP contribution in [0, 0.1) is 0 Å². The first kappa shape index (κ1) is 17.5. The molecule has 2 aromatic carbocycles. The van der Waals surface area contributed by atoms with Crippen LogP contribution in [0.5, 0.6) is 5.75 Å². The first-order valence-corrected chi connectivity index (χ1v) is 9.71. The zero-order valence-electron chi connectivity index (χ0n) is 14.1. The zero-order chi connectivity index (χ0) is 17.8. The number of methoxy groups -OCH3 is 1. The number of carbonyl (C=O) groups excluding carboxylic acids is 1. The van der Waals surface area contributed by atoms with Gasteiger partial charge in [-0.25, -0.2) is 0 Å². The van der Waals surface area contributed by atoms with Gasteiger partial charge in [0.05, 0.1) is 17.3 Å². The van der Waals surface area contributed by atoms with E-state index in [1.807, 2.05) is 47.2 Å². The lowest BCUT2D eigenvalue weighted by Gasteiger charge is -2.02.